The van der Waals surface area contributed by atoms with Crippen molar-refractivity contribution in [1.29, 1.82) is 0 Å². The summed E-state index contributed by atoms with van der Waals surface area (Å²) in [5.41, 5.74) is -4.56. The molecule has 0 aliphatic carbocycles. The Labute approximate surface area is 222 Å². The summed E-state index contributed by atoms with van der Waals surface area (Å²) < 4.78 is 137. The van der Waals surface area contributed by atoms with Crippen molar-refractivity contribution in [2.24, 2.45) is 5.10 Å². The van der Waals surface area contributed by atoms with E-state index < -0.39 is 69.7 Å². The van der Waals surface area contributed by atoms with Crippen LogP contribution in [0.5, 0.6) is 0 Å². The quantitative estimate of drug-likeness (QED) is 0.107. The van der Waals surface area contributed by atoms with Gasteiger partial charge in [-0.1, -0.05) is 0 Å². The van der Waals surface area contributed by atoms with E-state index in [0.29, 0.717) is 18.3 Å². The molecule has 0 aliphatic heterocycles. The zero-order chi connectivity index (χ0) is 30.3. The molecule has 0 spiro atoms. The maximum atomic E-state index is 14.0. The summed E-state index contributed by atoms with van der Waals surface area (Å²) in [6, 6.07) is 5.32. The van der Waals surface area contributed by atoms with Crippen molar-refractivity contribution in [1.82, 2.24) is 9.78 Å². The Morgan fingerprint density at radius 3 is 1.88 bits per heavy atom. The van der Waals surface area contributed by atoms with Crippen LogP contribution >= 0.6 is 0 Å². The molecule has 4 aromatic rings. The second kappa shape index (κ2) is 10.6. The monoisotopic (exact) mass is 590 g/mol. The summed E-state index contributed by atoms with van der Waals surface area (Å²) >= 11 is 0. The van der Waals surface area contributed by atoms with Crippen molar-refractivity contribution in [3.8, 4) is 16.9 Å². The Balaban J connectivity index is 1.86. The lowest BCUT2D eigenvalue weighted by molar-refractivity contribution is -0.143. The van der Waals surface area contributed by atoms with Gasteiger partial charge in [-0.15, -0.1) is 0 Å². The van der Waals surface area contributed by atoms with Crippen LogP contribution in [0.1, 0.15) is 27.0 Å². The number of hydrogen-bond donors (Lipinski definition) is 2. The van der Waals surface area contributed by atoms with Gasteiger partial charge in [0, 0.05) is 23.4 Å². The van der Waals surface area contributed by atoms with Crippen molar-refractivity contribution in [3.63, 3.8) is 0 Å². The van der Waals surface area contributed by atoms with Crippen LogP contribution in [0.15, 0.2) is 59.8 Å². The number of carbonyl (C=O) groups is 1. The Morgan fingerprint density at radius 2 is 1.39 bits per heavy atom. The molecule has 0 aliphatic rings. The number of nitrogens with zero attached hydrogens (tertiary/aromatic N) is 3. The smallest absolute Gasteiger partial charge is 0.416 e. The summed E-state index contributed by atoms with van der Waals surface area (Å²) in [6.07, 6.45) is -8.67. The fourth-order valence-corrected chi connectivity index (χ4v) is 3.52. The minimum Gasteiger partial charge on any atom is -0.478 e. The second-order valence-electron chi connectivity index (χ2n) is 8.24. The van der Waals surface area contributed by atoms with Crippen molar-refractivity contribution in [2.45, 2.75) is 12.4 Å². The number of alkyl halides is 6. The largest absolute Gasteiger partial charge is 0.478 e. The maximum absolute atomic E-state index is 14.0. The number of carboxylic acids is 1. The highest BCUT2D eigenvalue weighted by Gasteiger charge is 2.37. The first kappa shape index (κ1) is 29.1. The minimum absolute atomic E-state index is 0.0663. The number of aromatic carboxylic acids is 1. The fraction of sp³-hybridized carbons (Fsp3) is 0.0800. The van der Waals surface area contributed by atoms with Gasteiger partial charge in [0.2, 0.25) is 0 Å². The van der Waals surface area contributed by atoms with Gasteiger partial charge in [0.15, 0.2) is 23.3 Å². The van der Waals surface area contributed by atoms with E-state index in [0.717, 1.165) is 23.0 Å². The zero-order valence-corrected chi connectivity index (χ0v) is 19.8. The van der Waals surface area contributed by atoms with Crippen LogP contribution in [0.25, 0.3) is 16.9 Å². The number of nitrogens with one attached hydrogen (secondary N) is 1. The van der Waals surface area contributed by atoms with Gasteiger partial charge in [0.1, 0.15) is 11.4 Å². The molecule has 2 N–H and O–H groups in total. The number of hydrogen-bond acceptors (Lipinski definition) is 4. The van der Waals surface area contributed by atoms with Gasteiger partial charge >= 0.3 is 18.3 Å². The SMILES string of the molecule is O=C(O)c1ccc(-n2cc(/C=N/Nc3c(F)c(F)cc(F)c3F)c(-c3cc(C(F)(F)F)cc(C(F)(F)F)c3)n2)cc1. The predicted molar refractivity (Wildman–Crippen MR) is 123 cm³/mol. The highest BCUT2D eigenvalue weighted by atomic mass is 19.4. The molecular weight excluding hydrogens is 578 g/mol. The number of benzene rings is 3. The molecule has 0 radical (unpaired) electrons. The number of carboxylic acid groups (broad SMARTS) is 1. The maximum Gasteiger partial charge on any atom is 0.416 e. The standard InChI is InChI=1S/C25H12F10N4O2/c26-17-8-18(27)20(29)22(19(17)28)37-36-9-13-10-39(16-3-1-11(2-4-16)23(40)41)38-21(13)12-5-14(24(30,31)32)7-15(6-12)25(33,34)35/h1-10,37H,(H,40,41)/b36-9+. The predicted octanol–water partition coefficient (Wildman–Crippen LogP) is 7.28. The van der Waals surface area contributed by atoms with E-state index in [-0.39, 0.29) is 28.9 Å². The number of hydrazone groups is 1. The Kier molecular flexibility index (Phi) is 7.52. The van der Waals surface area contributed by atoms with Gasteiger partial charge in [0.05, 0.1) is 28.6 Å². The summed E-state index contributed by atoms with van der Waals surface area (Å²) in [6.45, 7) is 0. The van der Waals surface area contributed by atoms with Crippen LogP contribution in [0.2, 0.25) is 0 Å². The molecule has 0 amide bonds. The van der Waals surface area contributed by atoms with Crippen LogP contribution in [-0.4, -0.2) is 27.1 Å². The van der Waals surface area contributed by atoms with Gasteiger partial charge in [0.25, 0.3) is 0 Å². The fourth-order valence-electron chi connectivity index (χ4n) is 3.52. The molecule has 0 fully saturated rings. The average molecular weight is 590 g/mol. The van der Waals surface area contributed by atoms with Gasteiger partial charge in [-0.25, -0.2) is 27.0 Å². The van der Waals surface area contributed by atoms with Crippen LogP contribution in [0.4, 0.5) is 49.6 Å². The molecular formula is C25H12F10N4O2. The molecule has 6 nitrogen and oxygen atoms in total. The lowest BCUT2D eigenvalue weighted by Crippen LogP contribution is -2.11. The summed E-state index contributed by atoms with van der Waals surface area (Å²) in [7, 11) is 0. The van der Waals surface area contributed by atoms with E-state index in [9.17, 15) is 48.7 Å². The van der Waals surface area contributed by atoms with Gasteiger partial charge in [-0.3, -0.25) is 5.43 Å². The molecule has 41 heavy (non-hydrogen) atoms. The number of halogens is 10. The molecule has 0 saturated carbocycles. The molecule has 0 saturated heterocycles. The first-order chi connectivity index (χ1) is 19.1. The topological polar surface area (TPSA) is 79.5 Å². The normalized spacial score (nSPS) is 12.2. The van der Waals surface area contributed by atoms with Crippen molar-refractivity contribution in [2.75, 3.05) is 5.43 Å². The average Bonchev–Trinajstić information content (AvgIpc) is 3.32. The first-order valence-corrected chi connectivity index (χ1v) is 10.9. The first-order valence-electron chi connectivity index (χ1n) is 10.9. The Morgan fingerprint density at radius 1 is 0.854 bits per heavy atom. The molecule has 1 aromatic heterocycles. The van der Waals surface area contributed by atoms with E-state index >= 15 is 0 Å². The van der Waals surface area contributed by atoms with E-state index in [4.69, 9.17) is 5.11 Å². The summed E-state index contributed by atoms with van der Waals surface area (Å²) in [4.78, 5) is 11.1. The molecule has 214 valence electrons. The van der Waals surface area contributed by atoms with Crippen molar-refractivity contribution < 1.29 is 53.8 Å². The molecule has 4 rings (SSSR count). The molecule has 16 heteroatoms. The second-order valence-corrected chi connectivity index (χ2v) is 8.24. The van der Waals surface area contributed by atoms with Crippen LogP contribution < -0.4 is 5.43 Å². The third-order valence-electron chi connectivity index (χ3n) is 5.47. The lowest BCUT2D eigenvalue weighted by Gasteiger charge is -2.13. The lowest BCUT2D eigenvalue weighted by atomic mass is 10.0. The molecule has 0 unspecified atom stereocenters. The van der Waals surface area contributed by atoms with Crippen molar-refractivity contribution in [3.05, 3.63) is 100 Å². The minimum atomic E-state index is -5.20. The van der Waals surface area contributed by atoms with Crippen LogP contribution in [0, 0.1) is 23.3 Å². The summed E-state index contributed by atoms with van der Waals surface area (Å²) in [5.74, 6) is -8.55. The zero-order valence-electron chi connectivity index (χ0n) is 19.8. The summed E-state index contributed by atoms with van der Waals surface area (Å²) in [5, 5.41) is 16.5. The third kappa shape index (κ3) is 6.15. The van der Waals surface area contributed by atoms with Gasteiger partial charge in [-0.05, 0) is 42.5 Å². The highest BCUT2D eigenvalue weighted by molar-refractivity contribution is 5.90. The highest BCUT2D eigenvalue weighted by Crippen LogP contribution is 2.39. The van der Waals surface area contributed by atoms with Crippen LogP contribution in [0.3, 0.4) is 0 Å². The van der Waals surface area contributed by atoms with Gasteiger partial charge in [-0.2, -0.15) is 36.5 Å². The van der Waals surface area contributed by atoms with E-state index in [1.54, 1.807) is 5.43 Å². The Bertz CT molecular complexity index is 1600. The third-order valence-corrected chi connectivity index (χ3v) is 5.47. The van der Waals surface area contributed by atoms with Gasteiger partial charge < -0.3 is 5.11 Å². The number of anilines is 1. The van der Waals surface area contributed by atoms with E-state index in [1.165, 1.54) is 12.1 Å². The van der Waals surface area contributed by atoms with E-state index in [1.807, 2.05) is 0 Å². The van der Waals surface area contributed by atoms with Crippen LogP contribution in [-0.2, 0) is 12.4 Å². The Hall–Kier alpha value is -4.89. The number of rotatable bonds is 6. The number of aromatic nitrogens is 2. The molecule has 0 atom stereocenters. The van der Waals surface area contributed by atoms with Crippen molar-refractivity contribution >= 4 is 17.9 Å². The molecule has 3 aromatic carbocycles. The molecule has 0 bridgehead atoms. The molecule has 1 heterocycles. The van der Waals surface area contributed by atoms with E-state index in [2.05, 4.69) is 10.2 Å².